The fraction of sp³-hybridized carbons (Fsp3) is 0.333. The molecule has 25 heavy (non-hydrogen) atoms. The molecule has 1 N–H and O–H groups in total. The van der Waals surface area contributed by atoms with Crippen LogP contribution >= 0.6 is 15.9 Å². The lowest BCUT2D eigenvalue weighted by molar-refractivity contribution is 0.174. The molecule has 2 aromatic carbocycles. The van der Waals surface area contributed by atoms with Crippen LogP contribution in [0.25, 0.3) is 0 Å². The first-order valence-electron chi connectivity index (χ1n) is 8.75. The predicted molar refractivity (Wildman–Crippen MR) is 103 cm³/mol. The Morgan fingerprint density at radius 1 is 1.04 bits per heavy atom. The lowest BCUT2D eigenvalue weighted by Gasteiger charge is -2.39. The number of benzene rings is 2. The SMILES string of the molecule is Cc1cc(C)c2c(c1)[C@@H]1C=CC[C@@H]1[C@H](c1cc3c(cc1Br)OCO3)N2. The summed E-state index contributed by atoms with van der Waals surface area (Å²) in [5.41, 5.74) is 6.61. The van der Waals surface area contributed by atoms with Gasteiger partial charge in [-0.05, 0) is 55.0 Å². The lowest BCUT2D eigenvalue weighted by Crippen LogP contribution is -2.30. The standard InChI is InChI=1S/C21H20BrNO2/c1-11-6-12(2)20-15(7-11)13-4-3-5-14(13)21(23-20)16-8-18-19(9-17(16)22)25-10-24-18/h3-4,6-9,13-14,21,23H,5,10H2,1-2H3/t13-,14+,21-/m1/s1. The van der Waals surface area contributed by atoms with Gasteiger partial charge in [-0.2, -0.15) is 0 Å². The Bertz CT molecular complexity index is 905. The minimum absolute atomic E-state index is 0.248. The van der Waals surface area contributed by atoms with Gasteiger partial charge in [-0.1, -0.05) is 45.8 Å². The molecule has 0 radical (unpaired) electrons. The van der Waals surface area contributed by atoms with Crippen molar-refractivity contribution < 1.29 is 9.47 Å². The van der Waals surface area contributed by atoms with E-state index in [1.54, 1.807) is 0 Å². The summed E-state index contributed by atoms with van der Waals surface area (Å²) in [6.07, 6.45) is 5.81. The second-order valence-corrected chi connectivity index (χ2v) is 8.10. The molecule has 3 nitrogen and oxygen atoms in total. The first kappa shape index (κ1) is 15.3. The Morgan fingerprint density at radius 3 is 2.68 bits per heavy atom. The van der Waals surface area contributed by atoms with Crippen LogP contribution in [0.2, 0.25) is 0 Å². The third-order valence-electron chi connectivity index (χ3n) is 5.64. The summed E-state index contributed by atoms with van der Waals surface area (Å²) < 4.78 is 12.2. The number of fused-ring (bicyclic) bond motifs is 4. The van der Waals surface area contributed by atoms with Crippen molar-refractivity contribution in [3.8, 4) is 11.5 Å². The zero-order chi connectivity index (χ0) is 17.1. The molecular weight excluding hydrogens is 378 g/mol. The number of aryl methyl sites for hydroxylation is 2. The largest absolute Gasteiger partial charge is 0.454 e. The average Bonchev–Trinajstić information content (AvgIpc) is 3.22. The number of anilines is 1. The predicted octanol–water partition coefficient (Wildman–Crippen LogP) is 5.62. The Labute approximate surface area is 156 Å². The third kappa shape index (κ3) is 2.30. The molecule has 2 heterocycles. The molecule has 0 unspecified atom stereocenters. The quantitative estimate of drug-likeness (QED) is 0.633. The van der Waals surface area contributed by atoms with Gasteiger partial charge in [0.1, 0.15) is 0 Å². The highest BCUT2D eigenvalue weighted by Gasteiger charge is 2.39. The molecular formula is C21H20BrNO2. The fourth-order valence-electron chi connectivity index (χ4n) is 4.55. The van der Waals surface area contributed by atoms with E-state index in [0.29, 0.717) is 18.6 Å². The van der Waals surface area contributed by atoms with E-state index >= 15 is 0 Å². The van der Waals surface area contributed by atoms with Crippen molar-refractivity contribution >= 4 is 21.6 Å². The number of rotatable bonds is 1. The maximum absolute atomic E-state index is 5.62. The highest BCUT2D eigenvalue weighted by Crippen LogP contribution is 2.53. The van der Waals surface area contributed by atoms with Crippen molar-refractivity contribution in [3.63, 3.8) is 0 Å². The maximum Gasteiger partial charge on any atom is 0.231 e. The summed E-state index contributed by atoms with van der Waals surface area (Å²) in [6.45, 7) is 4.68. The van der Waals surface area contributed by atoms with Crippen LogP contribution in [0.3, 0.4) is 0 Å². The first-order chi connectivity index (χ1) is 12.1. The summed E-state index contributed by atoms with van der Waals surface area (Å²) >= 11 is 3.76. The number of hydrogen-bond donors (Lipinski definition) is 1. The molecule has 0 spiro atoms. The highest BCUT2D eigenvalue weighted by atomic mass is 79.9. The van der Waals surface area contributed by atoms with Gasteiger partial charge in [0, 0.05) is 16.1 Å². The van der Waals surface area contributed by atoms with Crippen molar-refractivity contribution in [1.29, 1.82) is 0 Å². The van der Waals surface area contributed by atoms with Crippen LogP contribution in [0.1, 0.15) is 40.6 Å². The van der Waals surface area contributed by atoms with E-state index in [0.717, 1.165) is 22.4 Å². The third-order valence-corrected chi connectivity index (χ3v) is 6.32. The Hall–Kier alpha value is -1.94. The van der Waals surface area contributed by atoms with Gasteiger partial charge in [0.25, 0.3) is 0 Å². The fourth-order valence-corrected chi connectivity index (χ4v) is 5.12. The first-order valence-corrected chi connectivity index (χ1v) is 9.54. The highest BCUT2D eigenvalue weighted by molar-refractivity contribution is 9.10. The second-order valence-electron chi connectivity index (χ2n) is 7.25. The lowest BCUT2D eigenvalue weighted by atomic mass is 9.76. The summed E-state index contributed by atoms with van der Waals surface area (Å²) in [6, 6.07) is 9.02. The summed E-state index contributed by atoms with van der Waals surface area (Å²) in [5.74, 6) is 2.65. The Morgan fingerprint density at radius 2 is 1.84 bits per heavy atom. The molecule has 0 saturated carbocycles. The van der Waals surface area contributed by atoms with Gasteiger partial charge in [0.05, 0.1) is 6.04 Å². The van der Waals surface area contributed by atoms with Gasteiger partial charge in [-0.15, -0.1) is 0 Å². The number of halogens is 1. The monoisotopic (exact) mass is 397 g/mol. The van der Waals surface area contributed by atoms with Crippen LogP contribution in [0.15, 0.2) is 40.9 Å². The van der Waals surface area contributed by atoms with Gasteiger partial charge in [0.15, 0.2) is 11.5 Å². The molecule has 1 aliphatic carbocycles. The summed E-state index contributed by atoms with van der Waals surface area (Å²) in [5, 5.41) is 3.85. The number of hydrogen-bond acceptors (Lipinski definition) is 3. The molecule has 4 heteroatoms. The van der Waals surface area contributed by atoms with Gasteiger partial charge in [-0.3, -0.25) is 0 Å². The molecule has 5 rings (SSSR count). The zero-order valence-electron chi connectivity index (χ0n) is 14.3. The molecule has 2 aliphatic heterocycles. The van der Waals surface area contributed by atoms with E-state index in [1.165, 1.54) is 27.9 Å². The topological polar surface area (TPSA) is 30.5 Å². The normalized spacial score (nSPS) is 25.5. The Balaban J connectivity index is 1.64. The van der Waals surface area contributed by atoms with Crippen molar-refractivity contribution in [1.82, 2.24) is 0 Å². The Kier molecular flexibility index (Phi) is 3.39. The second kappa shape index (κ2) is 5.53. The zero-order valence-corrected chi connectivity index (χ0v) is 15.9. The average molecular weight is 398 g/mol. The van der Waals surface area contributed by atoms with Crippen molar-refractivity contribution in [2.75, 3.05) is 12.1 Å². The number of allylic oxidation sites excluding steroid dienone is 2. The van der Waals surface area contributed by atoms with E-state index in [2.05, 4.69) is 65.4 Å². The molecule has 0 fully saturated rings. The molecule has 3 atom stereocenters. The molecule has 0 amide bonds. The molecule has 0 bridgehead atoms. The smallest absolute Gasteiger partial charge is 0.231 e. The molecule has 3 aliphatic rings. The van der Waals surface area contributed by atoms with Crippen LogP contribution in [0.4, 0.5) is 5.69 Å². The van der Waals surface area contributed by atoms with E-state index in [9.17, 15) is 0 Å². The minimum atomic E-state index is 0.248. The molecule has 0 aromatic heterocycles. The molecule has 2 aromatic rings. The van der Waals surface area contributed by atoms with E-state index in [1.807, 2.05) is 6.07 Å². The van der Waals surface area contributed by atoms with Crippen LogP contribution in [0.5, 0.6) is 11.5 Å². The van der Waals surface area contributed by atoms with Crippen LogP contribution < -0.4 is 14.8 Å². The van der Waals surface area contributed by atoms with Gasteiger partial charge < -0.3 is 14.8 Å². The van der Waals surface area contributed by atoms with Crippen molar-refractivity contribution in [2.24, 2.45) is 5.92 Å². The van der Waals surface area contributed by atoms with Crippen LogP contribution in [0, 0.1) is 19.8 Å². The summed E-state index contributed by atoms with van der Waals surface area (Å²) in [7, 11) is 0. The van der Waals surface area contributed by atoms with Gasteiger partial charge in [0.2, 0.25) is 6.79 Å². The maximum atomic E-state index is 5.62. The van der Waals surface area contributed by atoms with Crippen molar-refractivity contribution in [2.45, 2.75) is 32.2 Å². The summed E-state index contributed by atoms with van der Waals surface area (Å²) in [4.78, 5) is 0. The molecule has 0 saturated heterocycles. The van der Waals surface area contributed by atoms with Gasteiger partial charge >= 0.3 is 0 Å². The van der Waals surface area contributed by atoms with E-state index in [-0.39, 0.29) is 6.04 Å². The van der Waals surface area contributed by atoms with Crippen LogP contribution in [-0.2, 0) is 0 Å². The number of ether oxygens (including phenoxy) is 2. The number of nitrogens with one attached hydrogen (secondary N) is 1. The van der Waals surface area contributed by atoms with Crippen LogP contribution in [-0.4, -0.2) is 6.79 Å². The molecule has 128 valence electrons. The van der Waals surface area contributed by atoms with Gasteiger partial charge in [-0.25, -0.2) is 0 Å². The minimum Gasteiger partial charge on any atom is -0.454 e. The van der Waals surface area contributed by atoms with E-state index in [4.69, 9.17) is 9.47 Å². The van der Waals surface area contributed by atoms with Crippen molar-refractivity contribution in [3.05, 3.63) is 63.1 Å². The van der Waals surface area contributed by atoms with E-state index < -0.39 is 0 Å².